The number of fused-ring (bicyclic) bond motifs is 2. The zero-order valence-electron chi connectivity index (χ0n) is 8.85. The maximum absolute atomic E-state index is 11.7. The third kappa shape index (κ3) is 1.21. The van der Waals surface area contributed by atoms with Gasteiger partial charge in [-0.3, -0.25) is 4.79 Å². The molecule has 0 spiro atoms. The molecule has 0 aliphatic heterocycles. The van der Waals surface area contributed by atoms with E-state index in [2.05, 4.69) is 9.47 Å². The van der Waals surface area contributed by atoms with Crippen LogP contribution >= 0.6 is 0 Å². The van der Waals surface area contributed by atoms with Crippen molar-refractivity contribution >= 4 is 17.7 Å². The van der Waals surface area contributed by atoms with Gasteiger partial charge in [-0.05, 0) is 0 Å². The van der Waals surface area contributed by atoms with Gasteiger partial charge in [0.2, 0.25) is 0 Å². The average molecular weight is 222 g/mol. The van der Waals surface area contributed by atoms with Crippen LogP contribution < -0.4 is 0 Å². The van der Waals surface area contributed by atoms with Crippen LogP contribution in [0.3, 0.4) is 0 Å². The van der Waals surface area contributed by atoms with Crippen LogP contribution in [0.4, 0.5) is 0 Å². The van der Waals surface area contributed by atoms with Gasteiger partial charge in [0.05, 0.1) is 37.2 Å². The summed E-state index contributed by atoms with van der Waals surface area (Å²) in [7, 11) is 2.43. The van der Waals surface area contributed by atoms with Crippen molar-refractivity contribution in [2.75, 3.05) is 14.2 Å². The number of ketones is 1. The topological polar surface area (TPSA) is 69.7 Å². The molecule has 0 fully saturated rings. The summed E-state index contributed by atoms with van der Waals surface area (Å²) in [6.45, 7) is 0. The number of Topliss-reactive ketones (excluding diaryl/α,β-unsaturated/α-hetero) is 1. The predicted octanol–water partition coefficient (Wildman–Crippen LogP) is 0.0139. The Morgan fingerprint density at radius 3 is 1.69 bits per heavy atom. The van der Waals surface area contributed by atoms with Crippen LogP contribution in [0.2, 0.25) is 0 Å². The summed E-state index contributed by atoms with van der Waals surface area (Å²) in [5.74, 6) is -2.75. The SMILES string of the molecule is COC(=O)C1=C(C(=O)OC)C2C=CC1C2=O. The zero-order valence-corrected chi connectivity index (χ0v) is 8.85. The van der Waals surface area contributed by atoms with Crippen molar-refractivity contribution < 1.29 is 23.9 Å². The van der Waals surface area contributed by atoms with Crippen molar-refractivity contribution in [3.05, 3.63) is 23.3 Å². The maximum Gasteiger partial charge on any atom is 0.335 e. The van der Waals surface area contributed by atoms with Crippen LogP contribution in [0.25, 0.3) is 0 Å². The van der Waals surface area contributed by atoms with E-state index in [-0.39, 0.29) is 16.9 Å². The molecule has 0 aromatic heterocycles. The number of hydrogen-bond donors (Lipinski definition) is 0. The maximum atomic E-state index is 11.7. The molecule has 0 aromatic carbocycles. The van der Waals surface area contributed by atoms with Gasteiger partial charge in [0.1, 0.15) is 0 Å². The van der Waals surface area contributed by atoms with E-state index in [0.717, 1.165) is 0 Å². The Morgan fingerprint density at radius 1 is 1.00 bits per heavy atom. The second-order valence-corrected chi connectivity index (χ2v) is 3.55. The van der Waals surface area contributed by atoms with Crippen molar-refractivity contribution in [2.24, 2.45) is 11.8 Å². The van der Waals surface area contributed by atoms with Gasteiger partial charge in [-0.25, -0.2) is 9.59 Å². The fourth-order valence-corrected chi connectivity index (χ4v) is 2.11. The fraction of sp³-hybridized carbons (Fsp3) is 0.364. The van der Waals surface area contributed by atoms with Gasteiger partial charge >= 0.3 is 11.9 Å². The normalized spacial score (nSPS) is 26.2. The van der Waals surface area contributed by atoms with E-state index in [4.69, 9.17) is 0 Å². The van der Waals surface area contributed by atoms with Crippen LogP contribution in [0.5, 0.6) is 0 Å². The largest absolute Gasteiger partial charge is 0.466 e. The van der Waals surface area contributed by atoms with Gasteiger partial charge in [0, 0.05) is 0 Å². The number of carbonyl (C=O) groups is 3. The molecule has 2 bridgehead atoms. The monoisotopic (exact) mass is 222 g/mol. The van der Waals surface area contributed by atoms with E-state index in [9.17, 15) is 14.4 Å². The molecule has 5 heteroatoms. The molecule has 5 nitrogen and oxygen atoms in total. The zero-order chi connectivity index (χ0) is 11.9. The number of hydrogen-bond acceptors (Lipinski definition) is 5. The molecule has 0 saturated carbocycles. The Morgan fingerprint density at radius 2 is 1.38 bits per heavy atom. The van der Waals surface area contributed by atoms with Gasteiger partial charge in [-0.2, -0.15) is 0 Å². The van der Waals surface area contributed by atoms with E-state index in [1.54, 1.807) is 12.2 Å². The minimum absolute atomic E-state index is 0.117. The van der Waals surface area contributed by atoms with Crippen molar-refractivity contribution in [3.8, 4) is 0 Å². The van der Waals surface area contributed by atoms with Crippen LogP contribution in [0, 0.1) is 11.8 Å². The highest BCUT2D eigenvalue weighted by Gasteiger charge is 2.49. The fourth-order valence-electron chi connectivity index (χ4n) is 2.11. The first-order valence-corrected chi connectivity index (χ1v) is 4.74. The van der Waals surface area contributed by atoms with E-state index >= 15 is 0 Å². The Hall–Kier alpha value is -1.91. The lowest BCUT2D eigenvalue weighted by molar-refractivity contribution is -0.139. The number of rotatable bonds is 2. The molecule has 2 unspecified atom stereocenters. The lowest BCUT2D eigenvalue weighted by Crippen LogP contribution is -2.17. The summed E-state index contributed by atoms with van der Waals surface area (Å²) in [5, 5.41) is 0. The third-order valence-electron chi connectivity index (χ3n) is 2.83. The van der Waals surface area contributed by atoms with Crippen molar-refractivity contribution in [1.29, 1.82) is 0 Å². The summed E-state index contributed by atoms with van der Waals surface area (Å²) in [6, 6.07) is 0. The lowest BCUT2D eigenvalue weighted by atomic mass is 9.97. The highest BCUT2D eigenvalue weighted by molar-refractivity contribution is 6.16. The molecule has 2 aliphatic rings. The molecule has 0 amide bonds. The van der Waals surface area contributed by atoms with E-state index < -0.39 is 23.8 Å². The smallest absolute Gasteiger partial charge is 0.335 e. The van der Waals surface area contributed by atoms with E-state index in [1.165, 1.54) is 14.2 Å². The summed E-state index contributed by atoms with van der Waals surface area (Å²) < 4.78 is 9.14. The van der Waals surface area contributed by atoms with Gasteiger partial charge < -0.3 is 9.47 Å². The first kappa shape index (κ1) is 10.6. The minimum Gasteiger partial charge on any atom is -0.466 e. The molecule has 16 heavy (non-hydrogen) atoms. The summed E-state index contributed by atoms with van der Waals surface area (Å²) in [4.78, 5) is 34.7. The van der Waals surface area contributed by atoms with Gasteiger partial charge in [0.25, 0.3) is 0 Å². The number of carbonyl (C=O) groups excluding carboxylic acids is 3. The Labute approximate surface area is 91.7 Å². The van der Waals surface area contributed by atoms with Crippen molar-refractivity contribution in [3.63, 3.8) is 0 Å². The van der Waals surface area contributed by atoms with Crippen LogP contribution in [0.15, 0.2) is 23.3 Å². The third-order valence-corrected chi connectivity index (χ3v) is 2.83. The number of methoxy groups -OCH3 is 2. The minimum atomic E-state index is -0.648. The molecular formula is C11H10O5. The summed E-state index contributed by atoms with van der Waals surface area (Å²) in [6.07, 6.45) is 3.23. The van der Waals surface area contributed by atoms with Crippen LogP contribution in [0.1, 0.15) is 0 Å². The van der Waals surface area contributed by atoms with Crippen molar-refractivity contribution in [2.45, 2.75) is 0 Å². The second kappa shape index (κ2) is 3.59. The van der Waals surface area contributed by atoms with E-state index in [0.29, 0.717) is 0 Å². The Balaban J connectivity index is 2.49. The van der Waals surface area contributed by atoms with Gasteiger partial charge in [0.15, 0.2) is 5.78 Å². The molecule has 0 aromatic rings. The first-order valence-electron chi connectivity index (χ1n) is 4.74. The van der Waals surface area contributed by atoms with Gasteiger partial charge in [-0.1, -0.05) is 12.2 Å². The summed E-state index contributed by atoms with van der Waals surface area (Å²) in [5.41, 5.74) is 0.235. The Kier molecular flexibility index (Phi) is 2.38. The number of esters is 2. The van der Waals surface area contributed by atoms with Crippen LogP contribution in [-0.2, 0) is 23.9 Å². The van der Waals surface area contributed by atoms with E-state index in [1.807, 2.05) is 0 Å². The predicted molar refractivity (Wildman–Crippen MR) is 52.2 cm³/mol. The molecule has 0 radical (unpaired) electrons. The average Bonchev–Trinajstić information content (AvgIpc) is 2.80. The quantitative estimate of drug-likeness (QED) is 0.486. The van der Waals surface area contributed by atoms with Gasteiger partial charge in [-0.15, -0.1) is 0 Å². The second-order valence-electron chi connectivity index (χ2n) is 3.55. The number of allylic oxidation sites excluding steroid dienone is 2. The standard InChI is InChI=1S/C11H10O5/c1-15-10(13)7-5-3-4-6(9(5)12)8(7)11(14)16-2/h3-6H,1-2H3. The molecule has 0 heterocycles. The summed E-state index contributed by atoms with van der Waals surface area (Å²) >= 11 is 0. The first-order chi connectivity index (χ1) is 7.61. The molecule has 0 saturated heterocycles. The molecular weight excluding hydrogens is 212 g/mol. The highest BCUT2D eigenvalue weighted by atomic mass is 16.5. The molecule has 84 valence electrons. The van der Waals surface area contributed by atoms with Crippen LogP contribution in [-0.4, -0.2) is 31.9 Å². The molecule has 2 aliphatic carbocycles. The Bertz CT molecular complexity index is 405. The molecule has 0 N–H and O–H groups in total. The highest BCUT2D eigenvalue weighted by Crippen LogP contribution is 2.41. The van der Waals surface area contributed by atoms with Crippen molar-refractivity contribution in [1.82, 2.24) is 0 Å². The molecule has 2 rings (SSSR count). The number of ether oxygens (including phenoxy) is 2. The lowest BCUT2D eigenvalue weighted by Gasteiger charge is -2.10. The molecule has 2 atom stereocenters.